The van der Waals surface area contributed by atoms with Gasteiger partial charge in [-0.3, -0.25) is 4.79 Å². The molecular weight excluding hydrogens is 236 g/mol. The van der Waals surface area contributed by atoms with Gasteiger partial charge in [0.2, 0.25) is 0 Å². The summed E-state index contributed by atoms with van der Waals surface area (Å²) < 4.78 is 0. The van der Waals surface area contributed by atoms with Gasteiger partial charge in [0.15, 0.2) is 0 Å². The lowest BCUT2D eigenvalue weighted by Crippen LogP contribution is -2.16. The molecule has 0 aliphatic heterocycles. The van der Waals surface area contributed by atoms with Gasteiger partial charge in [0.25, 0.3) is 5.91 Å². The van der Waals surface area contributed by atoms with Gasteiger partial charge in [-0.1, -0.05) is 35.9 Å². The van der Waals surface area contributed by atoms with Crippen molar-refractivity contribution in [3.05, 3.63) is 64.7 Å². The maximum Gasteiger partial charge on any atom is 0.255 e. The number of nitrogens with one attached hydrogen (secondary N) is 1. The van der Waals surface area contributed by atoms with Gasteiger partial charge in [-0.05, 0) is 37.1 Å². The lowest BCUT2D eigenvalue weighted by atomic mass is 10.1. The van der Waals surface area contributed by atoms with Crippen LogP contribution < -0.4 is 11.1 Å². The molecule has 1 amide bonds. The smallest absolute Gasteiger partial charge is 0.255 e. The molecule has 0 unspecified atom stereocenters. The lowest BCUT2D eigenvalue weighted by molar-refractivity contribution is 0.102. The van der Waals surface area contributed by atoms with Crippen LogP contribution in [0.5, 0.6) is 0 Å². The fraction of sp³-hybridized carbons (Fsp3) is 0.188. The minimum Gasteiger partial charge on any atom is -0.326 e. The maximum atomic E-state index is 12.3. The summed E-state index contributed by atoms with van der Waals surface area (Å²) in [5.74, 6) is -0.118. The molecule has 0 bridgehead atoms. The SMILES string of the molecule is Cc1ccc(NC(=O)c2ccccc2CN)c(C)c1. The van der Waals surface area contributed by atoms with Gasteiger partial charge < -0.3 is 11.1 Å². The zero-order valence-electron chi connectivity index (χ0n) is 11.2. The van der Waals surface area contributed by atoms with Crippen LogP contribution in [0.4, 0.5) is 5.69 Å². The number of nitrogens with two attached hydrogens (primary N) is 1. The normalized spacial score (nSPS) is 10.3. The number of benzene rings is 2. The molecular formula is C16H18N2O. The number of carbonyl (C=O) groups is 1. The number of aryl methyl sites for hydroxylation is 2. The Morgan fingerprint density at radius 3 is 2.58 bits per heavy atom. The second kappa shape index (κ2) is 5.67. The third-order valence-electron chi connectivity index (χ3n) is 3.11. The Morgan fingerprint density at radius 1 is 1.16 bits per heavy atom. The van der Waals surface area contributed by atoms with Crippen molar-refractivity contribution in [2.75, 3.05) is 5.32 Å². The van der Waals surface area contributed by atoms with Crippen molar-refractivity contribution in [2.45, 2.75) is 20.4 Å². The van der Waals surface area contributed by atoms with Crippen molar-refractivity contribution in [1.29, 1.82) is 0 Å². The summed E-state index contributed by atoms with van der Waals surface area (Å²) in [7, 11) is 0. The monoisotopic (exact) mass is 254 g/mol. The van der Waals surface area contributed by atoms with Crippen LogP contribution in [0, 0.1) is 13.8 Å². The maximum absolute atomic E-state index is 12.3. The van der Waals surface area contributed by atoms with Gasteiger partial charge in [0.1, 0.15) is 0 Å². The molecule has 0 aromatic heterocycles. The van der Waals surface area contributed by atoms with Gasteiger partial charge in [0, 0.05) is 17.8 Å². The molecule has 0 saturated carbocycles. The standard InChI is InChI=1S/C16H18N2O/c1-11-7-8-15(12(2)9-11)18-16(19)14-6-4-3-5-13(14)10-17/h3-9H,10,17H2,1-2H3,(H,18,19). The quantitative estimate of drug-likeness (QED) is 0.884. The van der Waals surface area contributed by atoms with Crippen LogP contribution >= 0.6 is 0 Å². The van der Waals surface area contributed by atoms with Crippen LogP contribution in [0.3, 0.4) is 0 Å². The van der Waals surface area contributed by atoms with E-state index in [0.717, 1.165) is 16.8 Å². The summed E-state index contributed by atoms with van der Waals surface area (Å²) in [6.07, 6.45) is 0. The Labute approximate surface area is 113 Å². The molecule has 0 fully saturated rings. The summed E-state index contributed by atoms with van der Waals surface area (Å²) in [6.45, 7) is 4.37. The Hall–Kier alpha value is -2.13. The molecule has 0 aliphatic carbocycles. The number of hydrogen-bond acceptors (Lipinski definition) is 2. The first kappa shape index (κ1) is 13.3. The first-order chi connectivity index (χ1) is 9.11. The van der Waals surface area contributed by atoms with E-state index in [-0.39, 0.29) is 5.91 Å². The van der Waals surface area contributed by atoms with E-state index in [1.54, 1.807) is 6.07 Å². The van der Waals surface area contributed by atoms with E-state index in [4.69, 9.17) is 5.73 Å². The highest BCUT2D eigenvalue weighted by atomic mass is 16.1. The number of rotatable bonds is 3. The Bertz CT molecular complexity index is 605. The van der Waals surface area contributed by atoms with Gasteiger partial charge in [-0.15, -0.1) is 0 Å². The molecule has 19 heavy (non-hydrogen) atoms. The molecule has 98 valence electrons. The van der Waals surface area contributed by atoms with Crippen molar-refractivity contribution >= 4 is 11.6 Å². The number of carbonyl (C=O) groups excluding carboxylic acids is 1. The molecule has 2 aromatic rings. The van der Waals surface area contributed by atoms with E-state index in [0.29, 0.717) is 12.1 Å². The van der Waals surface area contributed by atoms with E-state index in [9.17, 15) is 4.79 Å². The van der Waals surface area contributed by atoms with Gasteiger partial charge >= 0.3 is 0 Å². The average molecular weight is 254 g/mol. The highest BCUT2D eigenvalue weighted by Crippen LogP contribution is 2.18. The van der Waals surface area contributed by atoms with Crippen molar-refractivity contribution in [2.24, 2.45) is 5.73 Å². The average Bonchev–Trinajstić information content (AvgIpc) is 2.41. The highest BCUT2D eigenvalue weighted by Gasteiger charge is 2.11. The first-order valence-corrected chi connectivity index (χ1v) is 6.28. The fourth-order valence-corrected chi connectivity index (χ4v) is 2.06. The van der Waals surface area contributed by atoms with Gasteiger partial charge in [0.05, 0.1) is 0 Å². The predicted molar refractivity (Wildman–Crippen MR) is 78.2 cm³/mol. The minimum absolute atomic E-state index is 0.118. The van der Waals surface area contributed by atoms with Crippen molar-refractivity contribution in [3.63, 3.8) is 0 Å². The summed E-state index contributed by atoms with van der Waals surface area (Å²) in [6, 6.07) is 13.3. The van der Waals surface area contributed by atoms with Crippen LogP contribution in [0.2, 0.25) is 0 Å². The molecule has 0 heterocycles. The van der Waals surface area contributed by atoms with Crippen LogP contribution in [0.25, 0.3) is 0 Å². The zero-order chi connectivity index (χ0) is 13.8. The van der Waals surface area contributed by atoms with Crippen LogP contribution in [0.1, 0.15) is 27.0 Å². The predicted octanol–water partition coefficient (Wildman–Crippen LogP) is 3.01. The summed E-state index contributed by atoms with van der Waals surface area (Å²) >= 11 is 0. The summed E-state index contributed by atoms with van der Waals surface area (Å²) in [4.78, 5) is 12.3. The molecule has 0 atom stereocenters. The molecule has 3 heteroatoms. The van der Waals surface area contributed by atoms with Crippen molar-refractivity contribution in [3.8, 4) is 0 Å². The summed E-state index contributed by atoms with van der Waals surface area (Å²) in [5.41, 5.74) is 10.2. The first-order valence-electron chi connectivity index (χ1n) is 6.28. The van der Waals surface area contributed by atoms with E-state index in [1.165, 1.54) is 5.56 Å². The Balaban J connectivity index is 2.26. The van der Waals surface area contributed by atoms with Crippen molar-refractivity contribution in [1.82, 2.24) is 0 Å². The van der Waals surface area contributed by atoms with Crippen LogP contribution in [0.15, 0.2) is 42.5 Å². The number of anilines is 1. The molecule has 0 saturated heterocycles. The third-order valence-corrected chi connectivity index (χ3v) is 3.11. The molecule has 0 aliphatic rings. The number of hydrogen-bond donors (Lipinski definition) is 2. The largest absolute Gasteiger partial charge is 0.326 e. The zero-order valence-corrected chi connectivity index (χ0v) is 11.2. The Morgan fingerprint density at radius 2 is 1.89 bits per heavy atom. The van der Waals surface area contributed by atoms with Gasteiger partial charge in [-0.2, -0.15) is 0 Å². The van der Waals surface area contributed by atoms with E-state index < -0.39 is 0 Å². The van der Waals surface area contributed by atoms with Crippen molar-refractivity contribution < 1.29 is 4.79 Å². The van der Waals surface area contributed by atoms with E-state index >= 15 is 0 Å². The van der Waals surface area contributed by atoms with E-state index in [1.807, 2.05) is 50.2 Å². The molecule has 0 radical (unpaired) electrons. The highest BCUT2D eigenvalue weighted by molar-refractivity contribution is 6.05. The Kier molecular flexibility index (Phi) is 3.97. The molecule has 2 rings (SSSR count). The topological polar surface area (TPSA) is 55.1 Å². The fourth-order valence-electron chi connectivity index (χ4n) is 2.06. The lowest BCUT2D eigenvalue weighted by Gasteiger charge is -2.11. The van der Waals surface area contributed by atoms with Gasteiger partial charge in [-0.25, -0.2) is 0 Å². The van der Waals surface area contributed by atoms with E-state index in [2.05, 4.69) is 5.32 Å². The second-order valence-electron chi connectivity index (χ2n) is 4.63. The molecule has 0 spiro atoms. The third kappa shape index (κ3) is 3.01. The number of amides is 1. The second-order valence-corrected chi connectivity index (χ2v) is 4.63. The van der Waals surface area contributed by atoms with Crippen LogP contribution in [-0.2, 0) is 6.54 Å². The molecule has 3 nitrogen and oxygen atoms in total. The molecule has 2 aromatic carbocycles. The molecule has 3 N–H and O–H groups in total. The minimum atomic E-state index is -0.118. The van der Waals surface area contributed by atoms with Crippen LogP contribution in [-0.4, -0.2) is 5.91 Å². The summed E-state index contributed by atoms with van der Waals surface area (Å²) in [5, 5.41) is 2.93.